The molecule has 2 rings (SSSR count). The highest BCUT2D eigenvalue weighted by Gasteiger charge is 2.24. The number of ether oxygens (including phenoxy) is 1. The molecule has 0 bridgehead atoms. The van der Waals surface area contributed by atoms with Gasteiger partial charge in [-0.15, -0.1) is 0 Å². The Kier molecular flexibility index (Phi) is 5.42. The number of rotatable bonds is 7. The van der Waals surface area contributed by atoms with Gasteiger partial charge in [0.15, 0.2) is 0 Å². The molecule has 2 aromatic rings. The number of Topliss-reactive ketones (excluding diaryl/α,β-unsaturated/α-hetero) is 1. The van der Waals surface area contributed by atoms with E-state index in [-0.39, 0.29) is 0 Å². The van der Waals surface area contributed by atoms with Gasteiger partial charge in [-0.1, -0.05) is 20.3 Å². The van der Waals surface area contributed by atoms with Crippen LogP contribution in [0.15, 0.2) is 24.4 Å². The molecule has 1 aromatic heterocycles. The molecule has 1 unspecified atom stereocenters. The van der Waals surface area contributed by atoms with Gasteiger partial charge in [-0.3, -0.25) is 9.59 Å². The molecular weight excluding hydrogens is 292 g/mol. The van der Waals surface area contributed by atoms with Crippen LogP contribution in [0, 0.1) is 5.92 Å². The fourth-order valence-corrected chi connectivity index (χ4v) is 2.84. The number of amides is 1. The summed E-state index contributed by atoms with van der Waals surface area (Å²) in [5.74, 6) is 0.140. The van der Waals surface area contributed by atoms with Gasteiger partial charge in [-0.2, -0.15) is 0 Å². The molecule has 0 radical (unpaired) electrons. The fraction of sp³-hybridized carbons (Fsp3) is 0.444. The lowest BCUT2D eigenvalue weighted by molar-refractivity contribution is -0.125. The SMILES string of the molecule is CCCC(C)CN(C)C(=O)C(=O)c1c[nH]c2cc(OC)ccc12. The molecule has 0 saturated carbocycles. The summed E-state index contributed by atoms with van der Waals surface area (Å²) in [6.45, 7) is 4.80. The topological polar surface area (TPSA) is 62.4 Å². The van der Waals surface area contributed by atoms with Crippen LogP contribution in [0.3, 0.4) is 0 Å². The summed E-state index contributed by atoms with van der Waals surface area (Å²) >= 11 is 0. The van der Waals surface area contributed by atoms with Crippen LogP contribution in [-0.2, 0) is 4.79 Å². The van der Waals surface area contributed by atoms with Crippen LogP contribution >= 0.6 is 0 Å². The van der Waals surface area contributed by atoms with Crippen molar-refractivity contribution in [2.24, 2.45) is 5.92 Å². The minimum atomic E-state index is -0.479. The molecule has 0 aliphatic rings. The Morgan fingerprint density at radius 1 is 1.35 bits per heavy atom. The van der Waals surface area contributed by atoms with Crippen LogP contribution in [-0.4, -0.2) is 42.3 Å². The number of benzene rings is 1. The van der Waals surface area contributed by atoms with Gasteiger partial charge in [-0.25, -0.2) is 0 Å². The number of ketones is 1. The van der Waals surface area contributed by atoms with E-state index in [2.05, 4.69) is 18.8 Å². The van der Waals surface area contributed by atoms with Crippen molar-refractivity contribution >= 4 is 22.6 Å². The van der Waals surface area contributed by atoms with Crippen molar-refractivity contribution in [1.29, 1.82) is 0 Å². The first-order chi connectivity index (χ1) is 11.0. The summed E-state index contributed by atoms with van der Waals surface area (Å²) in [5, 5.41) is 0.735. The maximum atomic E-state index is 12.5. The molecule has 0 fully saturated rings. The highest BCUT2D eigenvalue weighted by atomic mass is 16.5. The van der Waals surface area contributed by atoms with Crippen molar-refractivity contribution in [3.05, 3.63) is 30.0 Å². The zero-order chi connectivity index (χ0) is 17.0. The maximum absolute atomic E-state index is 12.5. The van der Waals surface area contributed by atoms with Gasteiger partial charge in [-0.05, 0) is 24.5 Å². The molecule has 124 valence electrons. The minimum absolute atomic E-state index is 0.383. The first-order valence-electron chi connectivity index (χ1n) is 7.92. The zero-order valence-electron chi connectivity index (χ0n) is 14.2. The molecule has 1 aromatic carbocycles. The van der Waals surface area contributed by atoms with Crippen LogP contribution < -0.4 is 4.74 Å². The molecule has 0 spiro atoms. The molecule has 1 N–H and O–H groups in total. The Hall–Kier alpha value is -2.30. The first-order valence-corrected chi connectivity index (χ1v) is 7.92. The number of carbonyl (C=O) groups excluding carboxylic acids is 2. The third kappa shape index (κ3) is 3.73. The monoisotopic (exact) mass is 316 g/mol. The lowest BCUT2D eigenvalue weighted by Crippen LogP contribution is -2.36. The van der Waals surface area contributed by atoms with Gasteiger partial charge in [0, 0.05) is 36.8 Å². The second-order valence-corrected chi connectivity index (χ2v) is 6.02. The van der Waals surface area contributed by atoms with E-state index in [1.165, 1.54) is 4.90 Å². The Morgan fingerprint density at radius 2 is 2.09 bits per heavy atom. The standard InChI is InChI=1S/C18H24N2O3/c1-5-6-12(2)11-20(3)18(22)17(21)15-10-19-16-9-13(23-4)7-8-14(15)16/h7-10,12,19H,5-6,11H2,1-4H3. The number of nitrogens with zero attached hydrogens (tertiary/aromatic N) is 1. The van der Waals surface area contributed by atoms with E-state index in [1.54, 1.807) is 32.5 Å². The van der Waals surface area contributed by atoms with E-state index in [0.29, 0.717) is 23.8 Å². The van der Waals surface area contributed by atoms with E-state index < -0.39 is 11.7 Å². The van der Waals surface area contributed by atoms with Gasteiger partial charge in [0.2, 0.25) is 0 Å². The number of aromatic nitrogens is 1. The predicted octanol–water partition coefficient (Wildman–Crippen LogP) is 3.25. The van der Waals surface area contributed by atoms with Gasteiger partial charge in [0.25, 0.3) is 11.7 Å². The minimum Gasteiger partial charge on any atom is -0.497 e. The predicted molar refractivity (Wildman–Crippen MR) is 90.9 cm³/mol. The molecule has 0 aliphatic heterocycles. The van der Waals surface area contributed by atoms with Gasteiger partial charge < -0.3 is 14.6 Å². The number of hydrogen-bond acceptors (Lipinski definition) is 3. The highest BCUT2D eigenvalue weighted by Crippen LogP contribution is 2.24. The average molecular weight is 316 g/mol. The molecule has 0 aliphatic carbocycles. The van der Waals surface area contributed by atoms with Crippen molar-refractivity contribution in [2.45, 2.75) is 26.7 Å². The van der Waals surface area contributed by atoms with Crippen molar-refractivity contribution < 1.29 is 14.3 Å². The molecular formula is C18H24N2O3. The largest absolute Gasteiger partial charge is 0.497 e. The van der Waals surface area contributed by atoms with Gasteiger partial charge >= 0.3 is 0 Å². The quantitative estimate of drug-likeness (QED) is 0.630. The normalized spacial score (nSPS) is 12.2. The molecule has 1 amide bonds. The highest BCUT2D eigenvalue weighted by molar-refractivity contribution is 6.44. The van der Waals surface area contributed by atoms with Crippen molar-refractivity contribution in [1.82, 2.24) is 9.88 Å². The number of methoxy groups -OCH3 is 1. The van der Waals surface area contributed by atoms with E-state index in [9.17, 15) is 9.59 Å². The number of aromatic amines is 1. The van der Waals surface area contributed by atoms with E-state index >= 15 is 0 Å². The number of likely N-dealkylation sites (N-methyl/N-ethyl adjacent to an activating group) is 1. The first kappa shape index (κ1) is 17.1. The molecule has 5 heteroatoms. The maximum Gasteiger partial charge on any atom is 0.294 e. The van der Waals surface area contributed by atoms with Crippen LogP contribution in [0.4, 0.5) is 0 Å². The van der Waals surface area contributed by atoms with Crippen LogP contribution in [0.1, 0.15) is 37.0 Å². The molecule has 1 heterocycles. The summed E-state index contributed by atoms with van der Waals surface area (Å²) in [4.78, 5) is 29.4. The molecule has 0 saturated heterocycles. The number of nitrogens with one attached hydrogen (secondary N) is 1. The smallest absolute Gasteiger partial charge is 0.294 e. The van der Waals surface area contributed by atoms with Crippen molar-refractivity contribution in [3.8, 4) is 5.75 Å². The summed E-state index contributed by atoms with van der Waals surface area (Å²) in [7, 11) is 3.27. The van der Waals surface area contributed by atoms with Gasteiger partial charge in [0.1, 0.15) is 5.75 Å². The summed E-state index contributed by atoms with van der Waals surface area (Å²) in [6, 6.07) is 5.39. The van der Waals surface area contributed by atoms with Crippen molar-refractivity contribution in [3.63, 3.8) is 0 Å². The lowest BCUT2D eigenvalue weighted by Gasteiger charge is -2.20. The Balaban J connectivity index is 2.18. The van der Waals surface area contributed by atoms with E-state index in [1.807, 2.05) is 6.07 Å². The van der Waals surface area contributed by atoms with Crippen molar-refractivity contribution in [2.75, 3.05) is 20.7 Å². The average Bonchev–Trinajstić information content (AvgIpc) is 2.96. The van der Waals surface area contributed by atoms with Crippen LogP contribution in [0.5, 0.6) is 5.75 Å². The molecule has 23 heavy (non-hydrogen) atoms. The summed E-state index contributed by atoms with van der Waals surface area (Å²) < 4.78 is 5.16. The number of hydrogen-bond donors (Lipinski definition) is 1. The van der Waals surface area contributed by atoms with E-state index in [0.717, 1.165) is 23.7 Å². The lowest BCUT2D eigenvalue weighted by atomic mass is 10.0. The number of fused-ring (bicyclic) bond motifs is 1. The zero-order valence-corrected chi connectivity index (χ0v) is 14.2. The molecule has 5 nitrogen and oxygen atoms in total. The Morgan fingerprint density at radius 3 is 2.74 bits per heavy atom. The Labute approximate surface area is 136 Å². The second-order valence-electron chi connectivity index (χ2n) is 6.02. The third-order valence-electron chi connectivity index (χ3n) is 4.04. The number of H-pyrrole nitrogens is 1. The van der Waals surface area contributed by atoms with Gasteiger partial charge in [0.05, 0.1) is 12.7 Å². The summed E-state index contributed by atoms with van der Waals surface area (Å²) in [5.41, 5.74) is 1.19. The third-order valence-corrected chi connectivity index (χ3v) is 4.04. The number of carbonyl (C=O) groups is 2. The fourth-order valence-electron chi connectivity index (χ4n) is 2.84. The Bertz CT molecular complexity index is 705. The summed E-state index contributed by atoms with van der Waals surface area (Å²) in [6.07, 6.45) is 3.70. The van der Waals surface area contributed by atoms with Crippen LogP contribution in [0.2, 0.25) is 0 Å². The van der Waals surface area contributed by atoms with E-state index in [4.69, 9.17) is 4.74 Å². The van der Waals surface area contributed by atoms with Crippen LogP contribution in [0.25, 0.3) is 10.9 Å². The second kappa shape index (κ2) is 7.31. The molecule has 1 atom stereocenters.